The summed E-state index contributed by atoms with van der Waals surface area (Å²) in [6.07, 6.45) is 1.65. The van der Waals surface area contributed by atoms with Crippen molar-refractivity contribution in [1.29, 1.82) is 0 Å². The van der Waals surface area contributed by atoms with E-state index in [1.807, 2.05) is 54.6 Å². The molecule has 0 unspecified atom stereocenters. The van der Waals surface area contributed by atoms with Gasteiger partial charge in [0.25, 0.3) is 11.8 Å². The lowest BCUT2D eigenvalue weighted by molar-refractivity contribution is 0.0954. The van der Waals surface area contributed by atoms with Crippen LogP contribution in [0.5, 0.6) is 5.75 Å². The summed E-state index contributed by atoms with van der Waals surface area (Å²) in [7, 11) is 1.68. The number of nitrogens with one attached hydrogen (secondary N) is 1. The molecular formula is C28H32N2O3. The Morgan fingerprint density at radius 2 is 1.52 bits per heavy atom. The molecular weight excluding hydrogens is 412 g/mol. The largest absolute Gasteiger partial charge is 0.493 e. The molecule has 3 aromatic rings. The Balaban J connectivity index is 1.72. The summed E-state index contributed by atoms with van der Waals surface area (Å²) in [5.74, 6) is 0.643. The van der Waals surface area contributed by atoms with E-state index in [1.54, 1.807) is 31.3 Å². The smallest absolute Gasteiger partial charge is 0.261 e. The van der Waals surface area contributed by atoms with E-state index >= 15 is 0 Å². The van der Waals surface area contributed by atoms with Crippen molar-refractivity contribution in [2.45, 2.75) is 26.7 Å². The number of rotatable bonds is 10. The topological polar surface area (TPSA) is 58.6 Å². The summed E-state index contributed by atoms with van der Waals surface area (Å²) in [6.45, 7) is 5.33. The molecule has 3 rings (SSSR count). The molecule has 172 valence electrons. The number of nitrogens with zero attached hydrogens (tertiary/aromatic N) is 1. The number of hydrogen-bond donors (Lipinski definition) is 1. The van der Waals surface area contributed by atoms with Gasteiger partial charge in [0.15, 0.2) is 0 Å². The van der Waals surface area contributed by atoms with E-state index in [9.17, 15) is 9.59 Å². The fraction of sp³-hybridized carbons (Fsp3) is 0.286. The average molecular weight is 445 g/mol. The van der Waals surface area contributed by atoms with Gasteiger partial charge in [0, 0.05) is 13.6 Å². The molecule has 2 amide bonds. The van der Waals surface area contributed by atoms with Crippen LogP contribution in [0.1, 0.15) is 46.5 Å². The Labute approximate surface area is 196 Å². The highest BCUT2D eigenvalue weighted by Crippen LogP contribution is 2.25. The maximum absolute atomic E-state index is 13.4. The molecule has 5 heteroatoms. The van der Waals surface area contributed by atoms with Crippen molar-refractivity contribution in [3.8, 4) is 5.75 Å². The summed E-state index contributed by atoms with van der Waals surface area (Å²) in [4.78, 5) is 27.8. The second-order valence-corrected chi connectivity index (χ2v) is 8.40. The maximum Gasteiger partial charge on any atom is 0.261 e. The van der Waals surface area contributed by atoms with E-state index < -0.39 is 0 Å². The van der Waals surface area contributed by atoms with Gasteiger partial charge in [-0.2, -0.15) is 0 Å². The van der Waals surface area contributed by atoms with Crippen molar-refractivity contribution in [3.05, 3.63) is 95.6 Å². The lowest BCUT2D eigenvalue weighted by atomic mass is 10.1. The van der Waals surface area contributed by atoms with E-state index in [0.29, 0.717) is 41.6 Å². The minimum atomic E-state index is -0.223. The first-order chi connectivity index (χ1) is 16.0. The van der Waals surface area contributed by atoms with Gasteiger partial charge in [-0.3, -0.25) is 9.59 Å². The van der Waals surface area contributed by atoms with E-state index in [4.69, 9.17) is 4.74 Å². The molecule has 0 saturated carbocycles. The monoisotopic (exact) mass is 444 g/mol. The second kappa shape index (κ2) is 11.9. The van der Waals surface area contributed by atoms with Crippen molar-refractivity contribution in [2.75, 3.05) is 25.1 Å². The van der Waals surface area contributed by atoms with Crippen LogP contribution in [0, 0.1) is 5.92 Å². The van der Waals surface area contributed by atoms with Crippen molar-refractivity contribution in [3.63, 3.8) is 0 Å². The van der Waals surface area contributed by atoms with Crippen molar-refractivity contribution >= 4 is 17.5 Å². The minimum Gasteiger partial charge on any atom is -0.493 e. The van der Waals surface area contributed by atoms with Crippen molar-refractivity contribution in [2.24, 2.45) is 5.92 Å². The van der Waals surface area contributed by atoms with Crippen LogP contribution in [0.15, 0.2) is 78.9 Å². The number of para-hydroxylation sites is 2. The number of anilines is 1. The van der Waals surface area contributed by atoms with Crippen molar-refractivity contribution < 1.29 is 14.3 Å². The molecule has 0 bridgehead atoms. The molecule has 1 N–H and O–H groups in total. The summed E-state index contributed by atoms with van der Waals surface area (Å²) in [5, 5.41) is 2.97. The third-order valence-corrected chi connectivity index (χ3v) is 5.43. The Bertz CT molecular complexity index is 1060. The molecule has 0 radical (unpaired) electrons. The first-order valence-corrected chi connectivity index (χ1v) is 11.4. The molecule has 0 aliphatic rings. The van der Waals surface area contributed by atoms with Crippen LogP contribution in [0.25, 0.3) is 0 Å². The number of hydrogen-bond acceptors (Lipinski definition) is 3. The molecule has 0 spiro atoms. The Kier molecular flexibility index (Phi) is 8.64. The molecule has 0 aliphatic carbocycles. The van der Waals surface area contributed by atoms with Gasteiger partial charge in [-0.1, -0.05) is 68.4 Å². The lowest BCUT2D eigenvalue weighted by Crippen LogP contribution is -2.31. The van der Waals surface area contributed by atoms with E-state index in [2.05, 4.69) is 19.2 Å². The van der Waals surface area contributed by atoms with Crippen LogP contribution < -0.4 is 15.0 Å². The minimum absolute atomic E-state index is 0.206. The van der Waals surface area contributed by atoms with Crippen LogP contribution in [-0.4, -0.2) is 32.0 Å². The van der Waals surface area contributed by atoms with Crippen LogP contribution in [-0.2, 0) is 6.42 Å². The highest BCUT2D eigenvalue weighted by Gasteiger charge is 2.22. The SMILES string of the molecule is CC(C)CCOc1ccccc1C(=O)N(C)c1ccccc1C(=O)NCCc1ccccc1. The highest BCUT2D eigenvalue weighted by atomic mass is 16.5. The quantitative estimate of drug-likeness (QED) is 0.458. The zero-order valence-corrected chi connectivity index (χ0v) is 19.6. The van der Waals surface area contributed by atoms with Gasteiger partial charge in [0.1, 0.15) is 5.75 Å². The fourth-order valence-electron chi connectivity index (χ4n) is 3.48. The lowest BCUT2D eigenvalue weighted by Gasteiger charge is -2.22. The molecule has 0 heterocycles. The number of carbonyl (C=O) groups is 2. The van der Waals surface area contributed by atoms with Gasteiger partial charge in [-0.25, -0.2) is 0 Å². The summed E-state index contributed by atoms with van der Waals surface area (Å²) in [5.41, 5.74) is 2.65. The molecule has 3 aromatic carbocycles. The number of amides is 2. The van der Waals surface area contributed by atoms with Crippen LogP contribution in [0.3, 0.4) is 0 Å². The Hall–Kier alpha value is -3.60. The zero-order chi connectivity index (χ0) is 23.6. The molecule has 0 aliphatic heterocycles. The maximum atomic E-state index is 13.4. The van der Waals surface area contributed by atoms with Gasteiger partial charge in [-0.05, 0) is 48.6 Å². The van der Waals surface area contributed by atoms with Crippen LogP contribution in [0.2, 0.25) is 0 Å². The standard InChI is InChI=1S/C28H32N2O3/c1-21(2)18-20-33-26-16-10-8-14-24(26)28(32)30(3)25-15-9-7-13-23(25)27(31)29-19-17-22-11-5-4-6-12-22/h4-16,21H,17-20H2,1-3H3,(H,29,31). The third kappa shape index (κ3) is 6.69. The average Bonchev–Trinajstić information content (AvgIpc) is 2.84. The third-order valence-electron chi connectivity index (χ3n) is 5.43. The van der Waals surface area contributed by atoms with Crippen molar-refractivity contribution in [1.82, 2.24) is 5.32 Å². The summed E-state index contributed by atoms with van der Waals surface area (Å²) in [6, 6.07) is 24.4. The zero-order valence-electron chi connectivity index (χ0n) is 19.6. The van der Waals surface area contributed by atoms with Gasteiger partial charge < -0.3 is 15.0 Å². The van der Waals surface area contributed by atoms with E-state index in [0.717, 1.165) is 18.4 Å². The van der Waals surface area contributed by atoms with Gasteiger partial charge >= 0.3 is 0 Å². The van der Waals surface area contributed by atoms with Crippen LogP contribution >= 0.6 is 0 Å². The van der Waals surface area contributed by atoms with Crippen LogP contribution in [0.4, 0.5) is 5.69 Å². The number of ether oxygens (including phenoxy) is 1. The molecule has 0 atom stereocenters. The first-order valence-electron chi connectivity index (χ1n) is 11.4. The van der Waals surface area contributed by atoms with Gasteiger partial charge in [0.05, 0.1) is 23.4 Å². The molecule has 5 nitrogen and oxygen atoms in total. The first kappa shape index (κ1) is 24.1. The summed E-state index contributed by atoms with van der Waals surface area (Å²) >= 11 is 0. The van der Waals surface area contributed by atoms with E-state index in [-0.39, 0.29) is 11.8 Å². The second-order valence-electron chi connectivity index (χ2n) is 8.40. The molecule has 0 fully saturated rings. The molecule has 0 aromatic heterocycles. The number of benzene rings is 3. The predicted molar refractivity (Wildman–Crippen MR) is 133 cm³/mol. The van der Waals surface area contributed by atoms with Gasteiger partial charge in [0.2, 0.25) is 0 Å². The number of carbonyl (C=O) groups excluding carboxylic acids is 2. The Morgan fingerprint density at radius 3 is 2.24 bits per heavy atom. The normalized spacial score (nSPS) is 10.7. The Morgan fingerprint density at radius 1 is 0.879 bits per heavy atom. The van der Waals surface area contributed by atoms with E-state index in [1.165, 1.54) is 4.90 Å². The highest BCUT2D eigenvalue weighted by molar-refractivity contribution is 6.11. The van der Waals surface area contributed by atoms with Gasteiger partial charge in [-0.15, -0.1) is 0 Å². The molecule has 33 heavy (non-hydrogen) atoms. The predicted octanol–water partition coefficient (Wildman–Crippen LogP) is 5.36. The summed E-state index contributed by atoms with van der Waals surface area (Å²) < 4.78 is 5.90. The fourth-order valence-corrected chi connectivity index (χ4v) is 3.48. The molecule has 0 saturated heterocycles.